The molecule has 1 aliphatic rings. The summed E-state index contributed by atoms with van der Waals surface area (Å²) in [6, 6.07) is 4.14. The summed E-state index contributed by atoms with van der Waals surface area (Å²) < 4.78 is 0. The maximum absolute atomic E-state index is 8.88. The third-order valence-corrected chi connectivity index (χ3v) is 4.55. The van der Waals surface area contributed by atoms with Gasteiger partial charge in [-0.3, -0.25) is 0 Å². The SMILES string of the molecule is CN(C)/C=C(\C=N)Nc1nccc(CC2CCC(N)(CC#N)CC2)n1. The van der Waals surface area contributed by atoms with E-state index in [-0.39, 0.29) is 5.54 Å². The molecule has 1 saturated carbocycles. The highest BCUT2D eigenvalue weighted by Gasteiger charge is 2.31. The minimum atomic E-state index is -0.306. The lowest BCUT2D eigenvalue weighted by atomic mass is 9.74. The van der Waals surface area contributed by atoms with Gasteiger partial charge in [-0.1, -0.05) is 0 Å². The zero-order valence-electron chi connectivity index (χ0n) is 15.0. The predicted molar refractivity (Wildman–Crippen MR) is 99.0 cm³/mol. The molecule has 1 heterocycles. The van der Waals surface area contributed by atoms with Gasteiger partial charge in [0, 0.05) is 43.9 Å². The lowest BCUT2D eigenvalue weighted by molar-refractivity contribution is 0.235. The molecular formula is C18H27N7. The van der Waals surface area contributed by atoms with Crippen molar-refractivity contribution in [1.29, 1.82) is 10.7 Å². The lowest BCUT2D eigenvalue weighted by Gasteiger charge is -2.35. The fourth-order valence-electron chi connectivity index (χ4n) is 3.17. The molecule has 0 amide bonds. The summed E-state index contributed by atoms with van der Waals surface area (Å²) in [5.41, 5.74) is 7.58. The summed E-state index contributed by atoms with van der Waals surface area (Å²) >= 11 is 0. The summed E-state index contributed by atoms with van der Waals surface area (Å²) in [6.07, 6.45) is 9.95. The third kappa shape index (κ3) is 5.84. The van der Waals surface area contributed by atoms with E-state index in [2.05, 4.69) is 21.4 Å². The highest BCUT2D eigenvalue weighted by atomic mass is 15.1. The maximum atomic E-state index is 8.88. The van der Waals surface area contributed by atoms with E-state index in [9.17, 15) is 0 Å². The molecule has 4 N–H and O–H groups in total. The number of hydrogen-bond donors (Lipinski definition) is 3. The summed E-state index contributed by atoms with van der Waals surface area (Å²) in [5.74, 6) is 1.04. The second-order valence-electron chi connectivity index (χ2n) is 7.03. The van der Waals surface area contributed by atoms with Crippen molar-refractivity contribution in [2.45, 2.75) is 44.1 Å². The van der Waals surface area contributed by atoms with Gasteiger partial charge in [-0.05, 0) is 44.1 Å². The Kier molecular flexibility index (Phi) is 6.48. The van der Waals surface area contributed by atoms with Gasteiger partial charge in [-0.15, -0.1) is 0 Å². The first-order valence-corrected chi connectivity index (χ1v) is 8.57. The third-order valence-electron chi connectivity index (χ3n) is 4.55. The van der Waals surface area contributed by atoms with E-state index in [1.807, 2.05) is 25.1 Å². The molecule has 25 heavy (non-hydrogen) atoms. The molecule has 0 saturated heterocycles. The van der Waals surface area contributed by atoms with E-state index in [0.717, 1.165) is 37.8 Å². The normalized spacial score (nSPS) is 23.6. The first kappa shape index (κ1) is 18.9. The fraction of sp³-hybridized carbons (Fsp3) is 0.556. The number of rotatable bonds is 7. The van der Waals surface area contributed by atoms with Crippen LogP contribution in [0.4, 0.5) is 5.95 Å². The predicted octanol–water partition coefficient (Wildman–Crippen LogP) is 2.28. The zero-order chi connectivity index (χ0) is 18.3. The summed E-state index contributed by atoms with van der Waals surface area (Å²) in [7, 11) is 3.80. The van der Waals surface area contributed by atoms with Crippen molar-refractivity contribution in [2.24, 2.45) is 11.7 Å². The Morgan fingerprint density at radius 1 is 1.52 bits per heavy atom. The van der Waals surface area contributed by atoms with Crippen molar-refractivity contribution in [3.8, 4) is 6.07 Å². The number of allylic oxidation sites excluding steroid dienone is 1. The zero-order valence-corrected chi connectivity index (χ0v) is 15.0. The molecule has 0 bridgehead atoms. The van der Waals surface area contributed by atoms with E-state index in [1.165, 1.54) is 6.21 Å². The topological polar surface area (TPSA) is 115 Å². The van der Waals surface area contributed by atoms with Crippen LogP contribution in [-0.4, -0.2) is 40.7 Å². The van der Waals surface area contributed by atoms with Crippen LogP contribution in [0.15, 0.2) is 24.2 Å². The van der Waals surface area contributed by atoms with Gasteiger partial charge in [-0.2, -0.15) is 5.26 Å². The van der Waals surface area contributed by atoms with Crippen LogP contribution < -0.4 is 11.1 Å². The lowest BCUT2D eigenvalue weighted by Crippen LogP contribution is -2.43. The van der Waals surface area contributed by atoms with Crippen LogP contribution in [0.5, 0.6) is 0 Å². The van der Waals surface area contributed by atoms with E-state index >= 15 is 0 Å². The number of hydrogen-bond acceptors (Lipinski definition) is 7. The van der Waals surface area contributed by atoms with E-state index in [1.54, 1.807) is 12.4 Å². The highest BCUT2D eigenvalue weighted by Crippen LogP contribution is 2.33. The van der Waals surface area contributed by atoms with Crippen molar-refractivity contribution in [2.75, 3.05) is 19.4 Å². The van der Waals surface area contributed by atoms with Gasteiger partial charge in [0.15, 0.2) is 0 Å². The van der Waals surface area contributed by atoms with Crippen molar-refractivity contribution >= 4 is 12.2 Å². The Hall–Kier alpha value is -2.46. The van der Waals surface area contributed by atoms with Gasteiger partial charge in [0.05, 0.1) is 18.2 Å². The van der Waals surface area contributed by atoms with E-state index < -0.39 is 0 Å². The Morgan fingerprint density at radius 3 is 2.84 bits per heavy atom. The van der Waals surface area contributed by atoms with Crippen molar-refractivity contribution in [1.82, 2.24) is 14.9 Å². The number of nitriles is 1. The molecule has 1 fully saturated rings. The van der Waals surface area contributed by atoms with Crippen LogP contribution >= 0.6 is 0 Å². The Morgan fingerprint density at radius 2 is 2.24 bits per heavy atom. The molecule has 2 rings (SSSR count). The molecular weight excluding hydrogens is 314 g/mol. The molecule has 0 atom stereocenters. The molecule has 0 aromatic carbocycles. The molecule has 0 unspecified atom stereocenters. The second-order valence-corrected chi connectivity index (χ2v) is 7.03. The first-order chi connectivity index (χ1) is 11.9. The number of nitrogens with two attached hydrogens (primary N) is 1. The minimum Gasteiger partial charge on any atom is -0.382 e. The Balaban J connectivity index is 1.96. The molecule has 134 valence electrons. The van der Waals surface area contributed by atoms with Gasteiger partial charge < -0.3 is 21.4 Å². The van der Waals surface area contributed by atoms with Crippen molar-refractivity contribution in [3.63, 3.8) is 0 Å². The van der Waals surface area contributed by atoms with E-state index in [0.29, 0.717) is 24.0 Å². The summed E-state index contributed by atoms with van der Waals surface area (Å²) in [6.45, 7) is 0. The molecule has 1 aromatic rings. The summed E-state index contributed by atoms with van der Waals surface area (Å²) in [5, 5.41) is 19.4. The highest BCUT2D eigenvalue weighted by molar-refractivity contribution is 5.79. The Bertz CT molecular complexity index is 652. The van der Waals surface area contributed by atoms with Crippen LogP contribution in [0.3, 0.4) is 0 Å². The van der Waals surface area contributed by atoms with Gasteiger partial charge in [0.2, 0.25) is 5.95 Å². The van der Waals surface area contributed by atoms with Gasteiger partial charge in [0.25, 0.3) is 0 Å². The molecule has 0 radical (unpaired) electrons. The number of anilines is 1. The average molecular weight is 341 g/mol. The molecule has 1 aliphatic carbocycles. The average Bonchev–Trinajstić information content (AvgIpc) is 2.57. The second kappa shape index (κ2) is 8.58. The Labute approximate surface area is 149 Å². The van der Waals surface area contributed by atoms with Crippen molar-refractivity contribution in [3.05, 3.63) is 29.9 Å². The fourth-order valence-corrected chi connectivity index (χ4v) is 3.17. The number of nitrogens with one attached hydrogen (secondary N) is 2. The summed E-state index contributed by atoms with van der Waals surface area (Å²) in [4.78, 5) is 10.7. The van der Waals surface area contributed by atoms with Crippen molar-refractivity contribution < 1.29 is 0 Å². The number of nitrogens with zero attached hydrogens (tertiary/aromatic N) is 4. The first-order valence-electron chi connectivity index (χ1n) is 8.57. The standard InChI is InChI=1S/C18H27N7/c1-25(2)13-16(12-20)24-17-22-10-5-15(23-17)11-14-3-6-18(21,7-4-14)8-9-19/h5,10,12-14,20H,3-4,6-8,11,21H2,1-2H3,(H,22,23,24)/b16-13+,20-12?. The van der Waals surface area contributed by atoms with E-state index in [4.69, 9.17) is 16.4 Å². The van der Waals surface area contributed by atoms with Crippen LogP contribution in [0.25, 0.3) is 0 Å². The maximum Gasteiger partial charge on any atom is 0.227 e. The molecule has 7 heteroatoms. The van der Waals surface area contributed by atoms with Crippen LogP contribution in [0, 0.1) is 22.7 Å². The molecule has 0 spiro atoms. The molecule has 1 aromatic heterocycles. The number of aromatic nitrogens is 2. The van der Waals surface area contributed by atoms with Gasteiger partial charge in [0.1, 0.15) is 0 Å². The van der Waals surface area contributed by atoms with Gasteiger partial charge >= 0.3 is 0 Å². The smallest absolute Gasteiger partial charge is 0.227 e. The van der Waals surface area contributed by atoms with Crippen LogP contribution in [0.1, 0.15) is 37.8 Å². The quantitative estimate of drug-likeness (QED) is 0.655. The monoisotopic (exact) mass is 341 g/mol. The molecule has 0 aliphatic heterocycles. The van der Waals surface area contributed by atoms with Crippen LogP contribution in [-0.2, 0) is 6.42 Å². The largest absolute Gasteiger partial charge is 0.382 e. The minimum absolute atomic E-state index is 0.306. The molecule has 7 nitrogen and oxygen atoms in total. The van der Waals surface area contributed by atoms with Gasteiger partial charge in [-0.25, -0.2) is 9.97 Å². The van der Waals surface area contributed by atoms with Crippen LogP contribution in [0.2, 0.25) is 0 Å².